The lowest BCUT2D eigenvalue weighted by Gasteiger charge is -2.09. The van der Waals surface area contributed by atoms with Crippen molar-refractivity contribution in [3.05, 3.63) is 28.8 Å². The topological polar surface area (TPSA) is 70.2 Å². The number of carbonyl (C=O) groups excluding carboxylic acids is 2. The quantitative estimate of drug-likeness (QED) is 0.737. The van der Waals surface area contributed by atoms with Gasteiger partial charge in [-0.2, -0.15) is 0 Å². The molecular formula is C13H18ClN3O2. The fourth-order valence-corrected chi connectivity index (χ4v) is 1.64. The molecule has 0 atom stereocenters. The largest absolute Gasteiger partial charge is 0.355 e. The van der Waals surface area contributed by atoms with Crippen molar-refractivity contribution in [3.63, 3.8) is 0 Å². The van der Waals surface area contributed by atoms with E-state index in [9.17, 15) is 9.59 Å². The predicted molar refractivity (Wildman–Crippen MR) is 76.4 cm³/mol. The van der Waals surface area contributed by atoms with Crippen molar-refractivity contribution in [1.29, 1.82) is 0 Å². The van der Waals surface area contributed by atoms with Crippen LogP contribution in [-0.2, 0) is 9.59 Å². The first kappa shape index (κ1) is 15.5. The first-order valence-corrected chi connectivity index (χ1v) is 6.44. The molecule has 5 nitrogen and oxygen atoms in total. The van der Waals surface area contributed by atoms with E-state index in [4.69, 9.17) is 11.6 Å². The summed E-state index contributed by atoms with van der Waals surface area (Å²) in [5.41, 5.74) is 1.61. The Kier molecular flexibility index (Phi) is 6.32. The average Bonchev–Trinajstić information content (AvgIpc) is 2.34. The average molecular weight is 284 g/mol. The Morgan fingerprint density at radius 3 is 2.58 bits per heavy atom. The number of hydrogen-bond acceptors (Lipinski definition) is 3. The Hall–Kier alpha value is -1.59. The number of nitrogens with one attached hydrogen (secondary N) is 3. The first-order valence-electron chi connectivity index (χ1n) is 6.06. The molecule has 1 aromatic rings. The molecule has 0 radical (unpaired) electrons. The maximum atomic E-state index is 11.7. The van der Waals surface area contributed by atoms with Crippen LogP contribution in [0.5, 0.6) is 0 Å². The number of rotatable bonds is 6. The zero-order valence-electron chi connectivity index (χ0n) is 11.0. The molecule has 0 heterocycles. The number of halogens is 1. The predicted octanol–water partition coefficient (Wildman–Crippen LogP) is 1.31. The number of benzene rings is 1. The highest BCUT2D eigenvalue weighted by Crippen LogP contribution is 2.19. The van der Waals surface area contributed by atoms with Gasteiger partial charge in [0.1, 0.15) is 0 Å². The molecule has 2 amide bonds. The highest BCUT2D eigenvalue weighted by atomic mass is 35.5. The summed E-state index contributed by atoms with van der Waals surface area (Å²) in [5.74, 6) is -0.344. The highest BCUT2D eigenvalue weighted by Gasteiger charge is 2.06. The number of hydrogen-bond donors (Lipinski definition) is 3. The number of likely N-dealkylation sites (N-methyl/N-ethyl adjacent to an activating group) is 1. The number of aryl methyl sites for hydroxylation is 1. The summed E-state index contributed by atoms with van der Waals surface area (Å²) < 4.78 is 0. The Balaban J connectivity index is 2.39. The van der Waals surface area contributed by atoms with Crippen LogP contribution in [-0.4, -0.2) is 31.4 Å². The third kappa shape index (κ3) is 5.72. The lowest BCUT2D eigenvalue weighted by molar-refractivity contribution is -0.120. The highest BCUT2D eigenvalue weighted by molar-refractivity contribution is 6.31. The van der Waals surface area contributed by atoms with Gasteiger partial charge >= 0.3 is 0 Å². The van der Waals surface area contributed by atoms with Gasteiger partial charge in [0, 0.05) is 17.3 Å². The van der Waals surface area contributed by atoms with Crippen LogP contribution in [0.1, 0.15) is 12.5 Å². The first-order chi connectivity index (χ1) is 9.02. The zero-order chi connectivity index (χ0) is 14.3. The Morgan fingerprint density at radius 1 is 1.21 bits per heavy atom. The Morgan fingerprint density at radius 2 is 1.89 bits per heavy atom. The van der Waals surface area contributed by atoms with E-state index in [-0.39, 0.29) is 24.9 Å². The van der Waals surface area contributed by atoms with Crippen LogP contribution in [0.3, 0.4) is 0 Å². The minimum Gasteiger partial charge on any atom is -0.355 e. The summed E-state index contributed by atoms with van der Waals surface area (Å²) in [5, 5.41) is 8.71. The van der Waals surface area contributed by atoms with Crippen molar-refractivity contribution in [3.8, 4) is 0 Å². The smallest absolute Gasteiger partial charge is 0.238 e. The fourth-order valence-electron chi connectivity index (χ4n) is 1.47. The normalized spacial score (nSPS) is 10.1. The third-order valence-electron chi connectivity index (χ3n) is 2.42. The second kappa shape index (κ2) is 7.76. The summed E-state index contributed by atoms with van der Waals surface area (Å²) in [6.07, 6.45) is 0. The molecule has 0 saturated heterocycles. The van der Waals surface area contributed by atoms with Crippen LogP contribution < -0.4 is 16.0 Å². The van der Waals surface area contributed by atoms with E-state index in [0.717, 1.165) is 5.56 Å². The summed E-state index contributed by atoms with van der Waals surface area (Å²) in [6, 6.07) is 5.29. The van der Waals surface area contributed by atoms with E-state index in [1.54, 1.807) is 12.1 Å². The monoisotopic (exact) mass is 283 g/mol. The van der Waals surface area contributed by atoms with Gasteiger partial charge in [0.05, 0.1) is 13.1 Å². The van der Waals surface area contributed by atoms with Crippen molar-refractivity contribution in [2.45, 2.75) is 13.8 Å². The van der Waals surface area contributed by atoms with Gasteiger partial charge in [0.2, 0.25) is 11.8 Å². The van der Waals surface area contributed by atoms with Crippen LogP contribution in [0.25, 0.3) is 0 Å². The van der Waals surface area contributed by atoms with E-state index in [1.807, 2.05) is 19.9 Å². The molecule has 0 saturated carbocycles. The number of anilines is 1. The molecule has 0 aliphatic carbocycles. The minimum atomic E-state index is -0.213. The summed E-state index contributed by atoms with van der Waals surface area (Å²) >= 11 is 5.86. The molecule has 0 spiro atoms. The number of amides is 2. The molecule has 0 bridgehead atoms. The van der Waals surface area contributed by atoms with Gasteiger partial charge in [0.15, 0.2) is 0 Å². The van der Waals surface area contributed by atoms with Crippen LogP contribution in [0.2, 0.25) is 5.02 Å². The van der Waals surface area contributed by atoms with E-state index in [2.05, 4.69) is 16.0 Å². The van der Waals surface area contributed by atoms with Crippen LogP contribution >= 0.6 is 11.6 Å². The van der Waals surface area contributed by atoms with Crippen LogP contribution in [0.15, 0.2) is 18.2 Å². The summed E-state index contributed by atoms with van der Waals surface area (Å²) in [6.45, 7) is 4.49. The molecule has 0 aromatic heterocycles. The van der Waals surface area contributed by atoms with Crippen LogP contribution in [0.4, 0.5) is 5.69 Å². The molecular weight excluding hydrogens is 266 g/mol. The fraction of sp³-hybridized carbons (Fsp3) is 0.385. The van der Waals surface area contributed by atoms with Gasteiger partial charge in [-0.15, -0.1) is 0 Å². The van der Waals surface area contributed by atoms with E-state index < -0.39 is 0 Å². The Labute approximate surface area is 117 Å². The molecule has 0 fully saturated rings. The number of carbonyl (C=O) groups is 2. The zero-order valence-corrected chi connectivity index (χ0v) is 11.8. The van der Waals surface area contributed by atoms with Gasteiger partial charge < -0.3 is 10.6 Å². The molecule has 0 aliphatic heterocycles. The molecule has 0 aliphatic rings. The van der Waals surface area contributed by atoms with Crippen molar-refractivity contribution in [2.24, 2.45) is 0 Å². The van der Waals surface area contributed by atoms with Gasteiger partial charge in [-0.1, -0.05) is 17.7 Å². The molecule has 1 aromatic carbocycles. The standard InChI is InChI=1S/C13H18ClN3O2/c1-3-16-12(18)7-15-8-13(19)17-11-6-10(14)5-4-9(11)2/h4-6,15H,3,7-8H2,1-2H3,(H,16,18)(H,17,19). The maximum absolute atomic E-state index is 11.7. The summed E-state index contributed by atoms with van der Waals surface area (Å²) in [7, 11) is 0. The lowest BCUT2D eigenvalue weighted by atomic mass is 10.2. The molecule has 104 valence electrons. The van der Waals surface area contributed by atoms with Crippen LogP contribution in [0, 0.1) is 6.92 Å². The molecule has 19 heavy (non-hydrogen) atoms. The van der Waals surface area contributed by atoms with E-state index in [0.29, 0.717) is 17.3 Å². The second-order valence-corrected chi connectivity index (χ2v) is 4.50. The van der Waals surface area contributed by atoms with Crippen molar-refractivity contribution in [2.75, 3.05) is 25.0 Å². The van der Waals surface area contributed by atoms with E-state index >= 15 is 0 Å². The van der Waals surface area contributed by atoms with Gasteiger partial charge in [-0.25, -0.2) is 0 Å². The van der Waals surface area contributed by atoms with E-state index in [1.165, 1.54) is 0 Å². The van der Waals surface area contributed by atoms with Gasteiger partial charge in [-0.05, 0) is 31.5 Å². The van der Waals surface area contributed by atoms with Crippen molar-refractivity contribution >= 4 is 29.1 Å². The SMILES string of the molecule is CCNC(=O)CNCC(=O)Nc1cc(Cl)ccc1C. The lowest BCUT2D eigenvalue weighted by Crippen LogP contribution is -2.37. The minimum absolute atomic E-state index is 0.0725. The van der Waals surface area contributed by atoms with Gasteiger partial charge in [0.25, 0.3) is 0 Å². The molecule has 6 heteroatoms. The van der Waals surface area contributed by atoms with Gasteiger partial charge in [-0.3, -0.25) is 14.9 Å². The second-order valence-electron chi connectivity index (χ2n) is 4.06. The molecule has 1 rings (SSSR count). The molecule has 3 N–H and O–H groups in total. The van der Waals surface area contributed by atoms with Crippen molar-refractivity contribution < 1.29 is 9.59 Å². The Bertz CT molecular complexity index is 463. The molecule has 0 unspecified atom stereocenters. The summed E-state index contributed by atoms with van der Waals surface area (Å²) in [4.78, 5) is 22.8. The maximum Gasteiger partial charge on any atom is 0.238 e. The van der Waals surface area contributed by atoms with Crippen molar-refractivity contribution in [1.82, 2.24) is 10.6 Å². The third-order valence-corrected chi connectivity index (χ3v) is 2.65.